The average molecular weight is 355 g/mol. The van der Waals surface area contributed by atoms with E-state index in [-0.39, 0.29) is 5.91 Å². The van der Waals surface area contributed by atoms with Crippen LogP contribution in [0.15, 0.2) is 36.4 Å². The summed E-state index contributed by atoms with van der Waals surface area (Å²) >= 11 is 0. The highest BCUT2D eigenvalue weighted by Gasteiger charge is 2.21. The standard InChI is InChI=1S/C19H25N5O2/c1-19(2,3)18(25)21-15-6-4-14(5-7-15)20-16-8-9-17(23-22-16)24-10-12-26-13-11-24/h4-9H,10-13H2,1-3H3,(H,20,22)(H,21,25). The van der Waals surface area contributed by atoms with E-state index >= 15 is 0 Å². The Balaban J connectivity index is 1.59. The third-order valence-corrected chi connectivity index (χ3v) is 4.08. The Hall–Kier alpha value is -2.67. The van der Waals surface area contributed by atoms with Crippen molar-refractivity contribution in [3.05, 3.63) is 36.4 Å². The Morgan fingerprint density at radius 1 is 1.00 bits per heavy atom. The van der Waals surface area contributed by atoms with E-state index in [4.69, 9.17) is 4.74 Å². The van der Waals surface area contributed by atoms with Gasteiger partial charge in [-0.1, -0.05) is 20.8 Å². The zero-order valence-electron chi connectivity index (χ0n) is 15.5. The minimum atomic E-state index is -0.422. The zero-order chi connectivity index (χ0) is 18.6. The highest BCUT2D eigenvalue weighted by Crippen LogP contribution is 2.21. The van der Waals surface area contributed by atoms with Gasteiger partial charge in [0.1, 0.15) is 0 Å². The number of rotatable bonds is 4. The first-order chi connectivity index (χ1) is 12.4. The molecule has 0 aliphatic carbocycles. The van der Waals surface area contributed by atoms with Crippen molar-refractivity contribution in [2.24, 2.45) is 5.41 Å². The van der Waals surface area contributed by atoms with Gasteiger partial charge in [-0.25, -0.2) is 0 Å². The molecular weight excluding hydrogens is 330 g/mol. The molecule has 1 saturated heterocycles. The normalized spacial score (nSPS) is 14.8. The Morgan fingerprint density at radius 2 is 1.65 bits per heavy atom. The molecule has 1 amide bonds. The van der Waals surface area contributed by atoms with Crippen LogP contribution >= 0.6 is 0 Å². The van der Waals surface area contributed by atoms with Crippen LogP contribution in [-0.4, -0.2) is 42.4 Å². The second-order valence-corrected chi connectivity index (χ2v) is 7.28. The van der Waals surface area contributed by atoms with Gasteiger partial charge in [0.2, 0.25) is 5.91 Å². The van der Waals surface area contributed by atoms with Gasteiger partial charge in [-0.2, -0.15) is 0 Å². The second kappa shape index (κ2) is 7.70. The highest BCUT2D eigenvalue weighted by atomic mass is 16.5. The number of aromatic nitrogens is 2. The first-order valence-electron chi connectivity index (χ1n) is 8.77. The summed E-state index contributed by atoms with van der Waals surface area (Å²) in [5, 5.41) is 14.6. The van der Waals surface area contributed by atoms with Crippen molar-refractivity contribution in [2.45, 2.75) is 20.8 Å². The van der Waals surface area contributed by atoms with E-state index in [9.17, 15) is 4.79 Å². The highest BCUT2D eigenvalue weighted by molar-refractivity contribution is 5.94. The van der Waals surface area contributed by atoms with Crippen molar-refractivity contribution in [1.82, 2.24) is 10.2 Å². The number of hydrogen-bond donors (Lipinski definition) is 2. The molecule has 26 heavy (non-hydrogen) atoms. The second-order valence-electron chi connectivity index (χ2n) is 7.28. The van der Waals surface area contributed by atoms with Crippen LogP contribution in [0.2, 0.25) is 0 Å². The Bertz CT molecular complexity index is 732. The van der Waals surface area contributed by atoms with Crippen LogP contribution in [0.3, 0.4) is 0 Å². The lowest BCUT2D eigenvalue weighted by Gasteiger charge is -2.27. The van der Waals surface area contributed by atoms with Crippen molar-refractivity contribution in [2.75, 3.05) is 41.8 Å². The number of nitrogens with one attached hydrogen (secondary N) is 2. The molecule has 7 heteroatoms. The fraction of sp³-hybridized carbons (Fsp3) is 0.421. The SMILES string of the molecule is CC(C)(C)C(=O)Nc1ccc(Nc2ccc(N3CCOCC3)nn2)cc1. The molecular formula is C19H25N5O2. The van der Waals surface area contributed by atoms with E-state index in [1.165, 1.54) is 0 Å². The maximum atomic E-state index is 12.0. The maximum absolute atomic E-state index is 12.0. The van der Waals surface area contributed by atoms with Gasteiger partial charge in [0.25, 0.3) is 0 Å². The van der Waals surface area contributed by atoms with Gasteiger partial charge >= 0.3 is 0 Å². The monoisotopic (exact) mass is 355 g/mol. The number of hydrogen-bond acceptors (Lipinski definition) is 6. The number of benzene rings is 1. The summed E-state index contributed by atoms with van der Waals surface area (Å²) in [6, 6.07) is 11.4. The molecule has 138 valence electrons. The summed E-state index contributed by atoms with van der Waals surface area (Å²) in [6.45, 7) is 8.78. The van der Waals surface area contributed by atoms with E-state index in [1.807, 2.05) is 57.2 Å². The van der Waals surface area contributed by atoms with Crippen LogP contribution in [0.5, 0.6) is 0 Å². The van der Waals surface area contributed by atoms with Crippen molar-refractivity contribution in [3.8, 4) is 0 Å². The fourth-order valence-corrected chi connectivity index (χ4v) is 2.46. The fourth-order valence-electron chi connectivity index (χ4n) is 2.46. The van der Waals surface area contributed by atoms with Crippen molar-refractivity contribution in [1.29, 1.82) is 0 Å². The first kappa shape index (κ1) is 18.1. The largest absolute Gasteiger partial charge is 0.378 e. The van der Waals surface area contributed by atoms with E-state index in [0.29, 0.717) is 5.82 Å². The lowest BCUT2D eigenvalue weighted by atomic mass is 9.95. The van der Waals surface area contributed by atoms with E-state index in [0.717, 1.165) is 43.5 Å². The predicted molar refractivity (Wildman–Crippen MR) is 103 cm³/mol. The molecule has 2 heterocycles. The van der Waals surface area contributed by atoms with E-state index in [1.54, 1.807) is 0 Å². The Labute approximate surface area is 153 Å². The van der Waals surface area contributed by atoms with Crippen LogP contribution in [0.1, 0.15) is 20.8 Å². The summed E-state index contributed by atoms with van der Waals surface area (Å²) < 4.78 is 5.35. The van der Waals surface area contributed by atoms with Crippen LogP contribution < -0.4 is 15.5 Å². The van der Waals surface area contributed by atoms with Gasteiger partial charge in [-0.05, 0) is 36.4 Å². The Kier molecular flexibility index (Phi) is 5.37. The molecule has 7 nitrogen and oxygen atoms in total. The number of nitrogens with zero attached hydrogens (tertiary/aromatic N) is 3. The first-order valence-corrected chi connectivity index (χ1v) is 8.77. The number of amides is 1. The minimum absolute atomic E-state index is 0.0113. The van der Waals surface area contributed by atoms with Gasteiger partial charge in [0.15, 0.2) is 11.6 Å². The topological polar surface area (TPSA) is 79.4 Å². The number of morpholine rings is 1. The molecule has 0 atom stereocenters. The lowest BCUT2D eigenvalue weighted by Crippen LogP contribution is -2.36. The van der Waals surface area contributed by atoms with Crippen molar-refractivity contribution in [3.63, 3.8) is 0 Å². The van der Waals surface area contributed by atoms with Gasteiger partial charge in [-0.15, -0.1) is 10.2 Å². The maximum Gasteiger partial charge on any atom is 0.229 e. The van der Waals surface area contributed by atoms with Gasteiger partial charge in [-0.3, -0.25) is 4.79 Å². The molecule has 0 bridgehead atoms. The molecule has 0 radical (unpaired) electrons. The van der Waals surface area contributed by atoms with Crippen LogP contribution in [-0.2, 0) is 9.53 Å². The van der Waals surface area contributed by atoms with Crippen LogP contribution in [0, 0.1) is 5.41 Å². The molecule has 1 aliphatic rings. The molecule has 3 rings (SSSR count). The van der Waals surface area contributed by atoms with Crippen LogP contribution in [0.4, 0.5) is 23.0 Å². The molecule has 0 saturated carbocycles. The molecule has 2 aromatic rings. The lowest BCUT2D eigenvalue weighted by molar-refractivity contribution is -0.123. The third kappa shape index (κ3) is 4.70. The molecule has 1 aromatic heterocycles. The summed E-state index contributed by atoms with van der Waals surface area (Å²) in [5.41, 5.74) is 1.23. The smallest absolute Gasteiger partial charge is 0.229 e. The quantitative estimate of drug-likeness (QED) is 0.878. The molecule has 2 N–H and O–H groups in total. The molecule has 0 unspecified atom stereocenters. The van der Waals surface area contributed by atoms with Gasteiger partial charge in [0.05, 0.1) is 13.2 Å². The van der Waals surface area contributed by atoms with Crippen LogP contribution in [0.25, 0.3) is 0 Å². The zero-order valence-corrected chi connectivity index (χ0v) is 15.5. The molecule has 1 fully saturated rings. The summed E-state index contributed by atoms with van der Waals surface area (Å²) in [4.78, 5) is 14.2. The third-order valence-electron chi connectivity index (χ3n) is 4.08. The number of ether oxygens (including phenoxy) is 1. The molecule has 0 spiro atoms. The van der Waals surface area contributed by atoms with Gasteiger partial charge < -0.3 is 20.3 Å². The molecule has 1 aromatic carbocycles. The Morgan fingerprint density at radius 3 is 2.23 bits per heavy atom. The predicted octanol–water partition coefficient (Wildman–Crippen LogP) is 3.04. The van der Waals surface area contributed by atoms with E-state index in [2.05, 4.69) is 25.7 Å². The minimum Gasteiger partial charge on any atom is -0.378 e. The number of carbonyl (C=O) groups excluding carboxylic acids is 1. The van der Waals surface area contributed by atoms with Crippen molar-refractivity contribution < 1.29 is 9.53 Å². The molecule has 1 aliphatic heterocycles. The summed E-state index contributed by atoms with van der Waals surface area (Å²) in [5.74, 6) is 1.52. The van der Waals surface area contributed by atoms with Crippen molar-refractivity contribution >= 4 is 28.9 Å². The summed E-state index contributed by atoms with van der Waals surface area (Å²) in [6.07, 6.45) is 0. The van der Waals surface area contributed by atoms with E-state index < -0.39 is 5.41 Å². The summed E-state index contributed by atoms with van der Waals surface area (Å²) in [7, 11) is 0. The number of carbonyl (C=O) groups is 1. The van der Waals surface area contributed by atoms with Gasteiger partial charge in [0, 0.05) is 29.9 Å². The average Bonchev–Trinajstić information content (AvgIpc) is 2.64. The number of anilines is 4.